The first-order valence-electron chi connectivity index (χ1n) is 16.8. The number of aliphatic carboxylic acids is 1. The molecule has 0 aliphatic heterocycles. The van der Waals surface area contributed by atoms with Gasteiger partial charge in [0, 0.05) is 31.6 Å². The van der Waals surface area contributed by atoms with E-state index in [-0.39, 0.29) is 12.0 Å². The van der Waals surface area contributed by atoms with E-state index in [1.807, 2.05) is 50.2 Å². The Kier molecular flexibility index (Phi) is 20.4. The molecule has 2 aromatic rings. The van der Waals surface area contributed by atoms with Gasteiger partial charge in [0.2, 0.25) is 6.41 Å². The van der Waals surface area contributed by atoms with Crippen molar-refractivity contribution in [3.8, 4) is 22.6 Å². The lowest BCUT2D eigenvalue weighted by Gasteiger charge is -2.32. The molecule has 0 radical (unpaired) electrons. The van der Waals surface area contributed by atoms with E-state index in [0.717, 1.165) is 40.2 Å². The fourth-order valence-electron chi connectivity index (χ4n) is 4.73. The lowest BCUT2D eigenvalue weighted by atomic mass is 9.98. The van der Waals surface area contributed by atoms with E-state index in [0.29, 0.717) is 77.4 Å². The van der Waals surface area contributed by atoms with Crippen LogP contribution in [-0.2, 0) is 50.2 Å². The molecule has 0 aromatic heterocycles. The Morgan fingerprint density at radius 3 is 1.92 bits per heavy atom. The number of carbonyl (C=O) groups excluding carboxylic acids is 1. The largest absolute Gasteiger partial charge is 0.496 e. The predicted octanol–water partition coefficient (Wildman–Crippen LogP) is 5.02. The zero-order valence-electron chi connectivity index (χ0n) is 30.7. The third-order valence-electron chi connectivity index (χ3n) is 7.64. The molecule has 2 rings (SSSR count). The van der Waals surface area contributed by atoms with Gasteiger partial charge in [-0.15, -0.1) is 0 Å². The third kappa shape index (κ3) is 16.9. The molecule has 0 saturated carbocycles. The molecule has 0 spiro atoms. The van der Waals surface area contributed by atoms with Crippen LogP contribution in [-0.4, -0.2) is 121 Å². The van der Waals surface area contributed by atoms with Crippen LogP contribution in [0.15, 0.2) is 36.4 Å². The number of hydrogen-bond donors (Lipinski definition) is 2. The van der Waals surface area contributed by atoms with Gasteiger partial charge in [-0.1, -0.05) is 24.3 Å². The number of hydrogen-bond acceptors (Lipinski definition) is 11. The molecule has 0 bridgehead atoms. The van der Waals surface area contributed by atoms with Crippen LogP contribution in [0.4, 0.5) is 0 Å². The lowest BCUT2D eigenvalue weighted by molar-refractivity contribution is -0.140. The first kappa shape index (κ1) is 43.3. The van der Waals surface area contributed by atoms with Crippen molar-refractivity contribution in [3.05, 3.63) is 47.5 Å². The number of carboxylic acid groups (broad SMARTS) is 1. The Morgan fingerprint density at radius 1 is 0.800 bits per heavy atom. The number of ether oxygens (including phenoxy) is 8. The van der Waals surface area contributed by atoms with Gasteiger partial charge in [-0.3, -0.25) is 4.79 Å². The van der Waals surface area contributed by atoms with Crippen LogP contribution in [0.5, 0.6) is 11.5 Å². The van der Waals surface area contributed by atoms with Gasteiger partial charge in [-0.25, -0.2) is 4.79 Å². The van der Waals surface area contributed by atoms with Crippen LogP contribution in [0.25, 0.3) is 11.1 Å². The maximum atomic E-state index is 11.4. The first-order chi connectivity index (χ1) is 23.9. The third-order valence-corrected chi connectivity index (χ3v) is 8.63. The molecule has 0 aliphatic carbocycles. The first-order valence-corrected chi connectivity index (χ1v) is 17.9. The normalized spacial score (nSPS) is 12.5. The van der Waals surface area contributed by atoms with Gasteiger partial charge in [-0.2, -0.15) is 11.8 Å². The van der Waals surface area contributed by atoms with Crippen LogP contribution >= 0.6 is 11.8 Å². The number of methoxy groups -OCH3 is 3. The smallest absolute Gasteiger partial charge is 0.326 e. The van der Waals surface area contributed by atoms with Crippen molar-refractivity contribution in [1.82, 2.24) is 5.32 Å². The van der Waals surface area contributed by atoms with E-state index < -0.39 is 17.6 Å². The van der Waals surface area contributed by atoms with E-state index in [1.54, 1.807) is 33.1 Å². The summed E-state index contributed by atoms with van der Waals surface area (Å²) in [6, 6.07) is 10.5. The molecule has 50 heavy (non-hydrogen) atoms. The Labute approximate surface area is 301 Å². The second kappa shape index (κ2) is 23.5. The Hall–Kier alpha value is -2.91. The van der Waals surface area contributed by atoms with E-state index in [2.05, 4.69) is 19.2 Å². The zero-order valence-corrected chi connectivity index (χ0v) is 31.6. The number of benzene rings is 2. The van der Waals surface area contributed by atoms with E-state index in [9.17, 15) is 14.7 Å². The fourth-order valence-corrected chi connectivity index (χ4v) is 5.52. The van der Waals surface area contributed by atoms with Gasteiger partial charge >= 0.3 is 5.97 Å². The van der Waals surface area contributed by atoms with Crippen molar-refractivity contribution < 1.29 is 52.6 Å². The van der Waals surface area contributed by atoms with Crippen LogP contribution < -0.4 is 14.8 Å². The SMILES string of the molecule is COCCC(C)(C)OCC(C)(C)OCCOCCOCCOCCSCc1cc(OC)c(-c2ccc(C[C@H](NC=O)C(=O)O)cc2)c(OC)c1. The highest BCUT2D eigenvalue weighted by molar-refractivity contribution is 7.98. The van der Waals surface area contributed by atoms with Gasteiger partial charge in [0.1, 0.15) is 17.5 Å². The lowest BCUT2D eigenvalue weighted by Crippen LogP contribution is -2.37. The Morgan fingerprint density at radius 2 is 1.38 bits per heavy atom. The minimum absolute atomic E-state index is 0.173. The van der Waals surface area contributed by atoms with Crippen LogP contribution in [0.3, 0.4) is 0 Å². The molecule has 1 amide bonds. The quantitative estimate of drug-likeness (QED) is 0.0861. The Balaban J connectivity index is 1.63. The number of nitrogens with one attached hydrogen (secondary N) is 1. The summed E-state index contributed by atoms with van der Waals surface area (Å²) in [5.74, 6) is 1.84. The zero-order chi connectivity index (χ0) is 36.8. The van der Waals surface area contributed by atoms with Crippen molar-refractivity contribution in [1.29, 1.82) is 0 Å². The molecule has 0 saturated heterocycles. The molecule has 12 nitrogen and oxygen atoms in total. The average Bonchev–Trinajstić information content (AvgIpc) is 3.09. The van der Waals surface area contributed by atoms with E-state index >= 15 is 0 Å². The van der Waals surface area contributed by atoms with Gasteiger partial charge in [-0.05, 0) is 62.9 Å². The molecule has 282 valence electrons. The molecule has 1 atom stereocenters. The van der Waals surface area contributed by atoms with Gasteiger partial charge in [0.05, 0.1) is 83.8 Å². The van der Waals surface area contributed by atoms with Gasteiger partial charge in [0.15, 0.2) is 0 Å². The summed E-state index contributed by atoms with van der Waals surface area (Å²) in [6.45, 7) is 12.8. The molecule has 0 heterocycles. The summed E-state index contributed by atoms with van der Waals surface area (Å²) >= 11 is 1.75. The number of thioether (sulfide) groups is 1. The van der Waals surface area contributed by atoms with Crippen LogP contribution in [0.2, 0.25) is 0 Å². The molecule has 2 N–H and O–H groups in total. The molecule has 0 unspecified atom stereocenters. The molecule has 2 aromatic carbocycles. The second-order valence-corrected chi connectivity index (χ2v) is 13.8. The van der Waals surface area contributed by atoms with E-state index in [1.165, 1.54) is 0 Å². The molecule has 13 heteroatoms. The van der Waals surface area contributed by atoms with Gasteiger partial charge in [0.25, 0.3) is 0 Å². The second-order valence-electron chi connectivity index (χ2n) is 12.7. The van der Waals surface area contributed by atoms with Crippen LogP contribution in [0.1, 0.15) is 45.2 Å². The van der Waals surface area contributed by atoms with Crippen molar-refractivity contribution in [3.63, 3.8) is 0 Å². The monoisotopic (exact) mass is 723 g/mol. The Bertz CT molecular complexity index is 1230. The molecular weight excluding hydrogens is 666 g/mol. The van der Waals surface area contributed by atoms with Gasteiger partial charge < -0.3 is 48.3 Å². The summed E-state index contributed by atoms with van der Waals surface area (Å²) in [6.07, 6.45) is 1.39. The fraction of sp³-hybridized carbons (Fsp3) is 0.622. The highest BCUT2D eigenvalue weighted by Gasteiger charge is 2.25. The van der Waals surface area contributed by atoms with Crippen molar-refractivity contribution >= 4 is 24.1 Å². The summed E-state index contributed by atoms with van der Waals surface area (Å²) < 4.78 is 45.5. The summed E-state index contributed by atoms with van der Waals surface area (Å²) in [4.78, 5) is 22.1. The highest BCUT2D eigenvalue weighted by Crippen LogP contribution is 2.40. The summed E-state index contributed by atoms with van der Waals surface area (Å²) in [5, 5.41) is 11.6. The summed E-state index contributed by atoms with van der Waals surface area (Å²) in [5.41, 5.74) is 2.84. The minimum atomic E-state index is -1.09. The number of carboxylic acids is 1. The highest BCUT2D eigenvalue weighted by atomic mass is 32.2. The van der Waals surface area contributed by atoms with Crippen molar-refractivity contribution in [2.75, 3.05) is 86.5 Å². The maximum absolute atomic E-state index is 11.4. The predicted molar refractivity (Wildman–Crippen MR) is 194 cm³/mol. The molecular formula is C37H57NO11S. The number of amides is 1. The standard InChI is InChI=1S/C37H57NO11S/c1-36(2,12-13-42-5)49-26-37(3,4)48-19-18-46-15-14-45-16-17-47-20-21-50-25-29-23-32(43-6)34(33(24-29)44-7)30-10-8-28(9-11-30)22-31(35(40)41)38-27-39/h8-11,23-24,27,31H,12-22,25-26H2,1-7H3,(H,38,39)(H,40,41)/t31-/m0/s1. The summed E-state index contributed by atoms with van der Waals surface area (Å²) in [7, 11) is 4.93. The van der Waals surface area contributed by atoms with E-state index in [4.69, 9.17) is 37.9 Å². The number of rotatable bonds is 29. The average molecular weight is 724 g/mol. The minimum Gasteiger partial charge on any atom is -0.496 e. The number of carbonyl (C=O) groups is 2. The molecule has 0 fully saturated rings. The molecule has 0 aliphatic rings. The maximum Gasteiger partial charge on any atom is 0.326 e. The van der Waals surface area contributed by atoms with Crippen molar-refractivity contribution in [2.24, 2.45) is 0 Å². The topological polar surface area (TPSA) is 140 Å². The van der Waals surface area contributed by atoms with Crippen molar-refractivity contribution in [2.45, 2.75) is 63.5 Å². The van der Waals surface area contributed by atoms with Crippen LogP contribution in [0, 0.1) is 0 Å².